The van der Waals surface area contributed by atoms with Crippen molar-refractivity contribution in [3.63, 3.8) is 0 Å². The molecule has 0 aliphatic carbocycles. The lowest BCUT2D eigenvalue weighted by atomic mass is 10.1. The molecule has 0 saturated carbocycles. The lowest BCUT2D eigenvalue weighted by Crippen LogP contribution is -2.27. The van der Waals surface area contributed by atoms with Crippen LogP contribution in [0.4, 0.5) is 0 Å². The number of hydrogen-bond donors (Lipinski definition) is 1. The summed E-state index contributed by atoms with van der Waals surface area (Å²) in [6, 6.07) is 8.09. The van der Waals surface area contributed by atoms with Gasteiger partial charge in [-0.3, -0.25) is 5.41 Å². The van der Waals surface area contributed by atoms with E-state index in [9.17, 15) is 0 Å². The van der Waals surface area contributed by atoms with E-state index in [1.807, 2.05) is 24.1 Å². The molecule has 1 rings (SSSR count). The van der Waals surface area contributed by atoms with E-state index in [1.54, 1.807) is 0 Å². The van der Waals surface area contributed by atoms with Gasteiger partial charge in [-0.15, -0.1) is 0 Å². The molecule has 0 saturated heterocycles. The summed E-state index contributed by atoms with van der Waals surface area (Å²) in [6.07, 6.45) is 1.07. The summed E-state index contributed by atoms with van der Waals surface area (Å²) in [5, 5.41) is 7.96. The summed E-state index contributed by atoms with van der Waals surface area (Å²) in [4.78, 5) is 1.98. The third-order valence-corrected chi connectivity index (χ3v) is 2.23. The molecular weight excluding hydrogens is 172 g/mol. The number of nitrogens with one attached hydrogen (secondary N) is 1. The fourth-order valence-corrected chi connectivity index (χ4v) is 1.46. The van der Waals surface area contributed by atoms with E-state index in [1.165, 1.54) is 5.56 Å². The minimum atomic E-state index is 0.607. The van der Waals surface area contributed by atoms with Crippen molar-refractivity contribution in [1.29, 1.82) is 5.41 Å². The van der Waals surface area contributed by atoms with Crippen molar-refractivity contribution in [2.45, 2.75) is 20.3 Å². The topological polar surface area (TPSA) is 27.1 Å². The average Bonchev–Trinajstić information content (AvgIpc) is 2.17. The second-order valence-corrected chi connectivity index (χ2v) is 3.64. The van der Waals surface area contributed by atoms with E-state index in [0.717, 1.165) is 18.5 Å². The number of aryl methyl sites for hydroxylation is 1. The van der Waals surface area contributed by atoms with E-state index in [4.69, 9.17) is 5.41 Å². The fourth-order valence-electron chi connectivity index (χ4n) is 1.46. The van der Waals surface area contributed by atoms with Crippen molar-refractivity contribution in [2.75, 3.05) is 13.6 Å². The number of benzene rings is 1. The van der Waals surface area contributed by atoms with Gasteiger partial charge in [-0.05, 0) is 19.4 Å². The molecule has 0 unspecified atom stereocenters. The zero-order valence-corrected chi connectivity index (χ0v) is 9.17. The van der Waals surface area contributed by atoms with Crippen LogP contribution in [0.5, 0.6) is 0 Å². The first-order chi connectivity index (χ1) is 6.65. The van der Waals surface area contributed by atoms with Gasteiger partial charge in [0.25, 0.3) is 0 Å². The Hall–Kier alpha value is -1.31. The average molecular weight is 190 g/mol. The lowest BCUT2D eigenvalue weighted by Gasteiger charge is -2.19. The van der Waals surface area contributed by atoms with Crippen LogP contribution in [-0.2, 0) is 0 Å². The Bertz CT molecular complexity index is 318. The lowest BCUT2D eigenvalue weighted by molar-refractivity contribution is 0.499. The Labute approximate surface area is 86.1 Å². The molecule has 2 heteroatoms. The molecule has 0 amide bonds. The predicted molar refractivity (Wildman–Crippen MR) is 60.9 cm³/mol. The largest absolute Gasteiger partial charge is 0.360 e. The monoisotopic (exact) mass is 190 g/mol. The van der Waals surface area contributed by atoms with Crippen molar-refractivity contribution < 1.29 is 0 Å². The maximum atomic E-state index is 7.96. The molecule has 14 heavy (non-hydrogen) atoms. The summed E-state index contributed by atoms with van der Waals surface area (Å²) in [6.45, 7) is 5.11. The van der Waals surface area contributed by atoms with E-state index in [2.05, 4.69) is 26.0 Å². The molecule has 1 aromatic rings. The molecule has 0 aromatic heterocycles. The van der Waals surface area contributed by atoms with Gasteiger partial charge in [-0.25, -0.2) is 0 Å². The van der Waals surface area contributed by atoms with Gasteiger partial charge in [0.1, 0.15) is 5.84 Å². The SMILES string of the molecule is CCCN(C)C(=N)c1cccc(C)c1. The van der Waals surface area contributed by atoms with Crippen LogP contribution >= 0.6 is 0 Å². The van der Waals surface area contributed by atoms with Crippen LogP contribution in [0.25, 0.3) is 0 Å². The molecule has 1 N–H and O–H groups in total. The molecular formula is C12H18N2. The Kier molecular flexibility index (Phi) is 3.69. The van der Waals surface area contributed by atoms with Crippen LogP contribution < -0.4 is 0 Å². The fraction of sp³-hybridized carbons (Fsp3) is 0.417. The normalized spacial score (nSPS) is 9.93. The molecule has 0 fully saturated rings. The summed E-state index contributed by atoms with van der Waals surface area (Å²) in [5.41, 5.74) is 2.21. The van der Waals surface area contributed by atoms with Crippen LogP contribution in [0.15, 0.2) is 24.3 Å². The van der Waals surface area contributed by atoms with Crippen molar-refractivity contribution >= 4 is 5.84 Å². The van der Waals surface area contributed by atoms with E-state index >= 15 is 0 Å². The highest BCUT2D eigenvalue weighted by molar-refractivity contribution is 5.96. The zero-order chi connectivity index (χ0) is 10.6. The van der Waals surface area contributed by atoms with Crippen LogP contribution in [0.3, 0.4) is 0 Å². The van der Waals surface area contributed by atoms with Gasteiger partial charge in [0.2, 0.25) is 0 Å². The first-order valence-electron chi connectivity index (χ1n) is 5.02. The van der Waals surface area contributed by atoms with Gasteiger partial charge in [0, 0.05) is 19.2 Å². The Morgan fingerprint density at radius 3 is 2.71 bits per heavy atom. The molecule has 76 valence electrons. The van der Waals surface area contributed by atoms with Crippen molar-refractivity contribution in [3.05, 3.63) is 35.4 Å². The van der Waals surface area contributed by atoms with Crippen LogP contribution in [-0.4, -0.2) is 24.3 Å². The van der Waals surface area contributed by atoms with Crippen LogP contribution in [0.1, 0.15) is 24.5 Å². The summed E-state index contributed by atoms with van der Waals surface area (Å²) < 4.78 is 0. The Morgan fingerprint density at radius 2 is 2.14 bits per heavy atom. The van der Waals surface area contributed by atoms with Crippen molar-refractivity contribution in [1.82, 2.24) is 4.90 Å². The van der Waals surface area contributed by atoms with Gasteiger partial charge < -0.3 is 4.90 Å². The van der Waals surface area contributed by atoms with Crippen molar-refractivity contribution in [2.24, 2.45) is 0 Å². The number of hydrogen-bond acceptors (Lipinski definition) is 1. The Balaban J connectivity index is 2.78. The highest BCUT2D eigenvalue weighted by Crippen LogP contribution is 2.06. The van der Waals surface area contributed by atoms with E-state index in [-0.39, 0.29) is 0 Å². The van der Waals surface area contributed by atoms with E-state index in [0.29, 0.717) is 5.84 Å². The third-order valence-electron chi connectivity index (χ3n) is 2.23. The molecule has 0 aliphatic rings. The predicted octanol–water partition coefficient (Wildman–Crippen LogP) is 2.66. The smallest absolute Gasteiger partial charge is 0.127 e. The molecule has 0 spiro atoms. The number of nitrogens with zero attached hydrogens (tertiary/aromatic N) is 1. The van der Waals surface area contributed by atoms with E-state index < -0.39 is 0 Å². The number of rotatable bonds is 3. The maximum Gasteiger partial charge on any atom is 0.127 e. The van der Waals surface area contributed by atoms with Gasteiger partial charge in [0.05, 0.1) is 0 Å². The highest BCUT2D eigenvalue weighted by Gasteiger charge is 2.05. The maximum absolute atomic E-state index is 7.96. The first kappa shape index (κ1) is 10.8. The molecule has 0 heterocycles. The minimum absolute atomic E-state index is 0.607. The van der Waals surface area contributed by atoms with Gasteiger partial charge >= 0.3 is 0 Å². The molecule has 1 aromatic carbocycles. The first-order valence-corrected chi connectivity index (χ1v) is 5.02. The van der Waals surface area contributed by atoms with Crippen molar-refractivity contribution in [3.8, 4) is 0 Å². The standard InChI is InChI=1S/C12H18N2/c1-4-8-14(3)12(13)11-7-5-6-10(2)9-11/h5-7,9,13H,4,8H2,1-3H3. The second-order valence-electron chi connectivity index (χ2n) is 3.64. The summed E-state index contributed by atoms with van der Waals surface area (Å²) in [5.74, 6) is 0.607. The van der Waals surface area contributed by atoms with Gasteiger partial charge in [-0.2, -0.15) is 0 Å². The second kappa shape index (κ2) is 4.80. The Morgan fingerprint density at radius 1 is 1.43 bits per heavy atom. The molecule has 0 aliphatic heterocycles. The van der Waals surface area contributed by atoms with Crippen LogP contribution in [0, 0.1) is 12.3 Å². The quantitative estimate of drug-likeness (QED) is 0.576. The molecule has 0 radical (unpaired) electrons. The summed E-state index contributed by atoms with van der Waals surface area (Å²) >= 11 is 0. The van der Waals surface area contributed by atoms with Crippen LogP contribution in [0.2, 0.25) is 0 Å². The summed E-state index contributed by atoms with van der Waals surface area (Å²) in [7, 11) is 1.97. The zero-order valence-electron chi connectivity index (χ0n) is 9.17. The number of amidine groups is 1. The molecule has 0 atom stereocenters. The third kappa shape index (κ3) is 2.59. The molecule has 0 bridgehead atoms. The van der Waals surface area contributed by atoms with Gasteiger partial charge in [0.15, 0.2) is 0 Å². The minimum Gasteiger partial charge on any atom is -0.360 e. The molecule has 2 nitrogen and oxygen atoms in total. The van der Waals surface area contributed by atoms with Gasteiger partial charge in [-0.1, -0.05) is 30.7 Å². The highest BCUT2D eigenvalue weighted by atomic mass is 15.1.